The second kappa shape index (κ2) is 9.32. The average Bonchev–Trinajstić information content (AvgIpc) is 3.34. The molecule has 2 amide bonds. The molecule has 0 saturated carbocycles. The molecule has 2 aliphatic rings. The Labute approximate surface area is 181 Å². The third-order valence-corrected chi connectivity index (χ3v) is 5.79. The highest BCUT2D eigenvalue weighted by Crippen LogP contribution is 2.25. The van der Waals surface area contributed by atoms with E-state index in [1.165, 1.54) is 0 Å². The topological polar surface area (TPSA) is 96.0 Å². The van der Waals surface area contributed by atoms with E-state index >= 15 is 0 Å². The highest BCUT2D eigenvalue weighted by molar-refractivity contribution is 5.95. The first-order valence-corrected chi connectivity index (χ1v) is 10.3. The predicted octanol–water partition coefficient (Wildman–Crippen LogP) is 0.991. The minimum atomic E-state index is -0.289. The van der Waals surface area contributed by atoms with Gasteiger partial charge in [0, 0.05) is 56.2 Å². The summed E-state index contributed by atoms with van der Waals surface area (Å²) in [6, 6.07) is 8.82. The van der Waals surface area contributed by atoms with Crippen LogP contribution >= 0.6 is 0 Å². The van der Waals surface area contributed by atoms with Gasteiger partial charge in [0.1, 0.15) is 17.5 Å². The van der Waals surface area contributed by atoms with E-state index in [-0.39, 0.29) is 23.9 Å². The van der Waals surface area contributed by atoms with Crippen molar-refractivity contribution < 1.29 is 19.1 Å². The lowest BCUT2D eigenvalue weighted by Gasteiger charge is -2.36. The molecule has 2 saturated heterocycles. The first kappa shape index (κ1) is 21.1. The number of pyridine rings is 1. The van der Waals surface area contributed by atoms with Crippen molar-refractivity contribution in [1.82, 2.24) is 25.6 Å². The monoisotopic (exact) mass is 425 g/mol. The van der Waals surface area contributed by atoms with Gasteiger partial charge in [0.2, 0.25) is 5.91 Å². The predicted molar refractivity (Wildman–Crippen MR) is 114 cm³/mol. The molecule has 2 aliphatic heterocycles. The Hall–Kier alpha value is -3.17. The summed E-state index contributed by atoms with van der Waals surface area (Å²) in [5.74, 6) is 1.10. The first-order valence-electron chi connectivity index (χ1n) is 10.3. The third kappa shape index (κ3) is 4.62. The zero-order chi connectivity index (χ0) is 21.8. The van der Waals surface area contributed by atoms with Crippen LogP contribution in [0.1, 0.15) is 28.4 Å². The van der Waals surface area contributed by atoms with Gasteiger partial charge in [0.05, 0.1) is 14.2 Å². The molecule has 9 heteroatoms. The highest BCUT2D eigenvalue weighted by Gasteiger charge is 2.34. The van der Waals surface area contributed by atoms with E-state index in [9.17, 15) is 9.59 Å². The second-order valence-corrected chi connectivity index (χ2v) is 7.63. The number of nitrogens with one attached hydrogen (secondary N) is 2. The molecule has 2 unspecified atom stereocenters. The van der Waals surface area contributed by atoms with Crippen LogP contribution in [0.15, 0.2) is 42.7 Å². The minimum absolute atomic E-state index is 0.0548. The van der Waals surface area contributed by atoms with E-state index in [4.69, 9.17) is 9.47 Å². The maximum atomic E-state index is 13.0. The Bertz CT molecular complexity index is 909. The van der Waals surface area contributed by atoms with Crippen LogP contribution in [-0.2, 0) is 4.79 Å². The number of hydrazine groups is 1. The van der Waals surface area contributed by atoms with Gasteiger partial charge in [-0.1, -0.05) is 0 Å². The van der Waals surface area contributed by atoms with E-state index in [0.717, 1.165) is 5.56 Å². The molecule has 0 radical (unpaired) electrons. The van der Waals surface area contributed by atoms with Crippen molar-refractivity contribution in [2.45, 2.75) is 18.5 Å². The maximum absolute atomic E-state index is 13.0. The van der Waals surface area contributed by atoms with Gasteiger partial charge in [0.15, 0.2) is 0 Å². The number of carbonyl (C=O) groups excluding carboxylic acids is 2. The summed E-state index contributed by atoms with van der Waals surface area (Å²) in [7, 11) is 3.11. The van der Waals surface area contributed by atoms with E-state index in [0.29, 0.717) is 49.7 Å². The Morgan fingerprint density at radius 2 is 1.55 bits per heavy atom. The standard InChI is InChI=1S/C22H27N5O4/c1-30-17-11-16(12-18(13-17)31-2)21(28)26-7-9-27(10-8-26)22(29)20-14-19(24-25-20)15-3-5-23-6-4-15/h3-6,11-13,19-20,24-25H,7-10,14H2,1-2H3. The lowest BCUT2D eigenvalue weighted by molar-refractivity contribution is -0.134. The molecule has 0 aliphatic carbocycles. The summed E-state index contributed by atoms with van der Waals surface area (Å²) < 4.78 is 10.5. The van der Waals surface area contributed by atoms with Crippen molar-refractivity contribution in [2.24, 2.45) is 0 Å². The molecular formula is C22H27N5O4. The van der Waals surface area contributed by atoms with E-state index < -0.39 is 0 Å². The molecule has 9 nitrogen and oxygen atoms in total. The molecule has 2 aromatic rings. The zero-order valence-corrected chi connectivity index (χ0v) is 17.7. The minimum Gasteiger partial charge on any atom is -0.497 e. The van der Waals surface area contributed by atoms with Gasteiger partial charge < -0.3 is 19.3 Å². The molecule has 0 bridgehead atoms. The largest absolute Gasteiger partial charge is 0.497 e. The van der Waals surface area contributed by atoms with Gasteiger partial charge in [-0.15, -0.1) is 0 Å². The van der Waals surface area contributed by atoms with Crippen LogP contribution in [0.4, 0.5) is 0 Å². The number of aromatic nitrogens is 1. The summed E-state index contributed by atoms with van der Waals surface area (Å²) >= 11 is 0. The fraction of sp³-hybridized carbons (Fsp3) is 0.409. The lowest BCUT2D eigenvalue weighted by atomic mass is 10.0. The normalized spacial score (nSPS) is 21.1. The smallest absolute Gasteiger partial charge is 0.254 e. The molecular weight excluding hydrogens is 398 g/mol. The van der Waals surface area contributed by atoms with Crippen LogP contribution in [0.2, 0.25) is 0 Å². The number of hydrogen-bond acceptors (Lipinski definition) is 7. The van der Waals surface area contributed by atoms with Crippen LogP contribution in [-0.4, -0.2) is 73.0 Å². The van der Waals surface area contributed by atoms with Crippen molar-refractivity contribution in [3.63, 3.8) is 0 Å². The highest BCUT2D eigenvalue weighted by atomic mass is 16.5. The number of amides is 2. The fourth-order valence-corrected chi connectivity index (χ4v) is 4.00. The van der Waals surface area contributed by atoms with Gasteiger partial charge in [-0.25, -0.2) is 10.9 Å². The van der Waals surface area contributed by atoms with Crippen LogP contribution in [0.5, 0.6) is 11.5 Å². The van der Waals surface area contributed by atoms with Gasteiger partial charge in [0.25, 0.3) is 5.91 Å². The zero-order valence-electron chi connectivity index (χ0n) is 17.7. The van der Waals surface area contributed by atoms with Crippen LogP contribution in [0.3, 0.4) is 0 Å². The van der Waals surface area contributed by atoms with Crippen molar-refractivity contribution in [2.75, 3.05) is 40.4 Å². The molecule has 31 heavy (non-hydrogen) atoms. The van der Waals surface area contributed by atoms with Crippen LogP contribution < -0.4 is 20.3 Å². The number of rotatable bonds is 5. The van der Waals surface area contributed by atoms with Gasteiger partial charge in [-0.3, -0.25) is 14.6 Å². The van der Waals surface area contributed by atoms with Crippen LogP contribution in [0, 0.1) is 0 Å². The number of benzene rings is 1. The Morgan fingerprint density at radius 3 is 2.16 bits per heavy atom. The Kier molecular flexibility index (Phi) is 6.34. The average molecular weight is 425 g/mol. The molecule has 3 heterocycles. The Balaban J connectivity index is 1.33. The SMILES string of the molecule is COc1cc(OC)cc(C(=O)N2CCN(C(=O)C3CC(c4ccncc4)NN3)CC2)c1. The summed E-state index contributed by atoms with van der Waals surface area (Å²) in [6.07, 6.45) is 4.17. The van der Waals surface area contributed by atoms with Gasteiger partial charge in [-0.05, 0) is 36.2 Å². The van der Waals surface area contributed by atoms with Crippen molar-refractivity contribution in [3.05, 3.63) is 53.9 Å². The fourth-order valence-electron chi connectivity index (χ4n) is 4.00. The van der Waals surface area contributed by atoms with Crippen molar-refractivity contribution >= 4 is 11.8 Å². The van der Waals surface area contributed by atoms with E-state index in [1.807, 2.05) is 17.0 Å². The lowest BCUT2D eigenvalue weighted by Crippen LogP contribution is -2.54. The summed E-state index contributed by atoms with van der Waals surface area (Å²) in [4.78, 5) is 33.5. The third-order valence-electron chi connectivity index (χ3n) is 5.79. The number of ether oxygens (including phenoxy) is 2. The molecule has 1 aromatic carbocycles. The molecule has 2 fully saturated rings. The number of methoxy groups -OCH3 is 2. The number of hydrogen-bond donors (Lipinski definition) is 2. The quantitative estimate of drug-likeness (QED) is 0.738. The first-order chi connectivity index (χ1) is 15.1. The molecule has 2 N–H and O–H groups in total. The van der Waals surface area contributed by atoms with Crippen LogP contribution in [0.25, 0.3) is 0 Å². The second-order valence-electron chi connectivity index (χ2n) is 7.63. The van der Waals surface area contributed by atoms with Gasteiger partial charge >= 0.3 is 0 Å². The summed E-state index contributed by atoms with van der Waals surface area (Å²) in [5.41, 5.74) is 7.93. The molecule has 1 aromatic heterocycles. The number of piperazine rings is 1. The number of nitrogens with zero attached hydrogens (tertiary/aromatic N) is 3. The molecule has 0 spiro atoms. The van der Waals surface area contributed by atoms with Crippen molar-refractivity contribution in [1.29, 1.82) is 0 Å². The summed E-state index contributed by atoms with van der Waals surface area (Å²) in [5, 5.41) is 0. The maximum Gasteiger partial charge on any atom is 0.254 e. The van der Waals surface area contributed by atoms with Gasteiger partial charge in [-0.2, -0.15) is 0 Å². The molecule has 4 rings (SSSR count). The molecule has 164 valence electrons. The van der Waals surface area contributed by atoms with Crippen molar-refractivity contribution in [3.8, 4) is 11.5 Å². The molecule has 2 atom stereocenters. The Morgan fingerprint density at radius 1 is 0.935 bits per heavy atom. The van der Waals surface area contributed by atoms with E-state index in [2.05, 4.69) is 15.8 Å². The summed E-state index contributed by atoms with van der Waals surface area (Å²) in [6.45, 7) is 1.98. The van der Waals surface area contributed by atoms with E-state index in [1.54, 1.807) is 49.7 Å². The number of carbonyl (C=O) groups is 2.